The average molecular weight is 276 g/mol. The minimum atomic E-state index is -0.442. The van der Waals surface area contributed by atoms with E-state index in [0.29, 0.717) is 22.8 Å². The molecule has 1 heterocycles. The van der Waals surface area contributed by atoms with Crippen LogP contribution in [0.4, 0.5) is 5.69 Å². The molecule has 0 amide bonds. The molecule has 0 aliphatic carbocycles. The SMILES string of the molecule is O=[N+]([O-])c1ccc(On2pn[pH][nH][pH]2)cc1. The normalized spacial score (nSPS) is 11.2. The van der Waals surface area contributed by atoms with E-state index in [-0.39, 0.29) is 5.69 Å². The standard InChI is InChI=1S/C6H7N4O3P3/c11-9(12)5-1-3-6(4-2-5)13-10-15-7-14-8-16-10/h1-4,7,14-15H. The number of aromatic nitrogens is 3. The number of nitrogens with one attached hydrogen (secondary N) is 1. The summed E-state index contributed by atoms with van der Waals surface area (Å²) in [7, 11) is 1.51. The van der Waals surface area contributed by atoms with Crippen LogP contribution in [-0.4, -0.2) is 18.2 Å². The molecular weight excluding hydrogens is 269 g/mol. The van der Waals surface area contributed by atoms with Crippen LogP contribution in [0.5, 0.6) is 5.75 Å². The van der Waals surface area contributed by atoms with Gasteiger partial charge in [-0.05, 0) is 12.1 Å². The van der Waals surface area contributed by atoms with Gasteiger partial charge in [-0.25, -0.2) is 0 Å². The zero-order chi connectivity index (χ0) is 11.4. The molecule has 0 saturated carbocycles. The maximum Gasteiger partial charge on any atom is 0.269 e. The van der Waals surface area contributed by atoms with Gasteiger partial charge in [0.25, 0.3) is 5.69 Å². The molecule has 1 aromatic heterocycles. The molecule has 0 aliphatic heterocycles. The maximum absolute atomic E-state index is 10.4. The molecule has 0 bridgehead atoms. The molecule has 2 atom stereocenters. The Morgan fingerprint density at radius 1 is 1.50 bits per heavy atom. The van der Waals surface area contributed by atoms with Crippen molar-refractivity contribution < 1.29 is 9.76 Å². The average Bonchev–Trinajstić information content (AvgIpc) is 2.31. The van der Waals surface area contributed by atoms with Crippen LogP contribution in [0.1, 0.15) is 0 Å². The monoisotopic (exact) mass is 276 g/mol. The van der Waals surface area contributed by atoms with Gasteiger partial charge in [-0.15, -0.1) is 4.26 Å². The van der Waals surface area contributed by atoms with Gasteiger partial charge in [-0.3, -0.25) is 10.1 Å². The van der Waals surface area contributed by atoms with Crippen LogP contribution < -0.4 is 4.84 Å². The molecule has 1 N–H and O–H groups in total. The lowest BCUT2D eigenvalue weighted by atomic mass is 10.3. The predicted molar refractivity (Wildman–Crippen MR) is 64.8 cm³/mol. The van der Waals surface area contributed by atoms with Crippen LogP contribution >= 0.6 is 25.5 Å². The summed E-state index contributed by atoms with van der Waals surface area (Å²) in [6.07, 6.45) is 0. The predicted octanol–water partition coefficient (Wildman–Crippen LogP) is 2.73. The summed E-state index contributed by atoms with van der Waals surface area (Å²) in [5.41, 5.74) is 0.0512. The molecule has 2 rings (SSSR count). The Kier molecular flexibility index (Phi) is 3.62. The van der Waals surface area contributed by atoms with Crippen LogP contribution in [-0.2, 0) is 0 Å². The van der Waals surface area contributed by atoms with Gasteiger partial charge in [0.1, 0.15) is 0 Å². The minimum Gasteiger partial charge on any atom is -0.366 e. The quantitative estimate of drug-likeness (QED) is 0.689. The van der Waals surface area contributed by atoms with Crippen LogP contribution in [0.3, 0.4) is 0 Å². The third-order valence-corrected chi connectivity index (χ3v) is 4.37. The van der Waals surface area contributed by atoms with E-state index < -0.39 is 4.92 Å². The van der Waals surface area contributed by atoms with E-state index in [1.807, 2.05) is 0 Å². The summed E-state index contributed by atoms with van der Waals surface area (Å²) in [5, 5.41) is 10.4. The van der Waals surface area contributed by atoms with Gasteiger partial charge in [0, 0.05) is 20.6 Å². The van der Waals surface area contributed by atoms with Gasteiger partial charge in [-0.2, -0.15) is 4.51 Å². The smallest absolute Gasteiger partial charge is 0.269 e. The number of nitro groups is 1. The summed E-state index contributed by atoms with van der Waals surface area (Å²) >= 11 is 0. The van der Waals surface area contributed by atoms with Crippen LogP contribution in [0.15, 0.2) is 24.3 Å². The Labute approximate surface area is 94.9 Å². The summed E-state index contributed by atoms with van der Waals surface area (Å²) in [5.74, 6) is 0.563. The molecule has 2 aromatic rings. The molecule has 7 nitrogen and oxygen atoms in total. The summed E-state index contributed by atoms with van der Waals surface area (Å²) in [6, 6.07) is 5.95. The second-order valence-electron chi connectivity index (χ2n) is 2.65. The number of aromatic amines is 1. The highest BCUT2D eigenvalue weighted by molar-refractivity contribution is 7.44. The lowest BCUT2D eigenvalue weighted by molar-refractivity contribution is -0.384. The van der Waals surface area contributed by atoms with Gasteiger partial charge < -0.3 is 9.35 Å². The third-order valence-electron chi connectivity index (χ3n) is 1.62. The highest BCUT2D eigenvalue weighted by Gasteiger charge is 2.04. The van der Waals surface area contributed by atoms with Gasteiger partial charge in [-0.1, -0.05) is 0 Å². The fraction of sp³-hybridized carbons (Fsp3) is 0. The number of non-ortho nitro benzene ring substituents is 1. The first-order valence-corrected chi connectivity index (χ1v) is 6.84. The van der Waals surface area contributed by atoms with Crippen molar-refractivity contribution in [2.75, 3.05) is 0 Å². The van der Waals surface area contributed by atoms with Crippen molar-refractivity contribution in [2.24, 2.45) is 0 Å². The molecular formula is C6H7N4O3P3. The molecule has 10 heteroatoms. The minimum absolute atomic E-state index is 0.0512. The second-order valence-corrected chi connectivity index (χ2v) is 6.23. The van der Waals surface area contributed by atoms with Crippen LogP contribution in [0, 0.1) is 10.1 Å². The number of rotatable bonds is 3. The Balaban J connectivity index is 2.14. The van der Waals surface area contributed by atoms with Crippen LogP contribution in [0.25, 0.3) is 0 Å². The van der Waals surface area contributed by atoms with E-state index >= 15 is 0 Å². The van der Waals surface area contributed by atoms with E-state index in [1.54, 1.807) is 16.4 Å². The first-order chi connectivity index (χ1) is 7.75. The van der Waals surface area contributed by atoms with Gasteiger partial charge in [0.2, 0.25) is 0 Å². The third kappa shape index (κ3) is 2.86. The molecule has 0 fully saturated rings. The summed E-state index contributed by atoms with van der Waals surface area (Å²) < 4.78 is 8.78. The van der Waals surface area contributed by atoms with Crippen molar-refractivity contribution >= 4 is 31.2 Å². The molecule has 0 radical (unpaired) electrons. The fourth-order valence-corrected chi connectivity index (χ4v) is 4.00. The Morgan fingerprint density at radius 2 is 2.25 bits per heavy atom. The first-order valence-electron chi connectivity index (χ1n) is 4.14. The van der Waals surface area contributed by atoms with E-state index in [2.05, 4.69) is 9.02 Å². The summed E-state index contributed by atoms with van der Waals surface area (Å²) in [6.45, 7) is 0. The van der Waals surface area contributed by atoms with Crippen molar-refractivity contribution in [1.29, 1.82) is 0 Å². The van der Waals surface area contributed by atoms with Gasteiger partial charge >= 0.3 is 0 Å². The van der Waals surface area contributed by atoms with Crippen molar-refractivity contribution in [2.45, 2.75) is 0 Å². The molecule has 0 saturated heterocycles. The fourth-order valence-electron chi connectivity index (χ4n) is 0.953. The van der Waals surface area contributed by atoms with E-state index in [4.69, 9.17) is 4.84 Å². The van der Waals surface area contributed by atoms with E-state index in [9.17, 15) is 10.1 Å². The molecule has 2 unspecified atom stereocenters. The highest BCUT2D eigenvalue weighted by atomic mass is 31.1. The molecule has 84 valence electrons. The Hall–Kier alpha value is -1.28. The number of benzene rings is 1. The topological polar surface area (TPSA) is 86.0 Å². The number of H-pyrrole nitrogens is 1. The van der Waals surface area contributed by atoms with Crippen molar-refractivity contribution in [3.63, 3.8) is 0 Å². The van der Waals surface area contributed by atoms with Gasteiger partial charge in [0.05, 0.1) is 13.4 Å². The molecule has 16 heavy (non-hydrogen) atoms. The molecule has 0 spiro atoms. The summed E-state index contributed by atoms with van der Waals surface area (Å²) in [4.78, 5) is 15.4. The number of hydrogen-bond donors (Lipinski definition) is 1. The second kappa shape index (κ2) is 5.17. The van der Waals surface area contributed by atoms with Crippen LogP contribution in [0.2, 0.25) is 0 Å². The maximum atomic E-state index is 10.4. The lowest BCUT2D eigenvalue weighted by Crippen LogP contribution is -1.97. The zero-order valence-electron chi connectivity index (χ0n) is 7.82. The van der Waals surface area contributed by atoms with Gasteiger partial charge in [0.15, 0.2) is 14.3 Å². The Morgan fingerprint density at radius 3 is 2.81 bits per heavy atom. The lowest BCUT2D eigenvalue weighted by Gasteiger charge is -2.05. The zero-order valence-corrected chi connectivity index (χ0v) is 10.7. The number of nitro benzene ring substituents is 1. The highest BCUT2D eigenvalue weighted by Crippen LogP contribution is 2.20. The van der Waals surface area contributed by atoms with Crippen molar-refractivity contribution in [1.82, 2.24) is 13.3 Å². The van der Waals surface area contributed by atoms with E-state index in [0.717, 1.165) is 8.51 Å². The molecule has 0 aliphatic rings. The van der Waals surface area contributed by atoms with Crippen molar-refractivity contribution in [3.05, 3.63) is 34.4 Å². The number of hydrogen-bond acceptors (Lipinski definition) is 4. The van der Waals surface area contributed by atoms with Crippen molar-refractivity contribution in [3.8, 4) is 5.75 Å². The Bertz CT molecular complexity index is 494. The number of nitrogens with zero attached hydrogens (tertiary/aromatic N) is 3. The first kappa shape index (κ1) is 11.2. The molecule has 1 aromatic carbocycles. The largest absolute Gasteiger partial charge is 0.366 e. The van der Waals surface area contributed by atoms with E-state index in [1.165, 1.54) is 12.1 Å².